The Morgan fingerprint density at radius 2 is 1.77 bits per heavy atom. The summed E-state index contributed by atoms with van der Waals surface area (Å²) in [5, 5.41) is 21.2. The maximum atomic E-state index is 13.0. The van der Waals surface area contributed by atoms with Crippen LogP contribution < -0.4 is 5.32 Å². The van der Waals surface area contributed by atoms with Crippen molar-refractivity contribution in [2.75, 3.05) is 18.4 Å². The molecule has 0 aromatic heterocycles. The first-order chi connectivity index (χ1) is 20.5. The summed E-state index contributed by atoms with van der Waals surface area (Å²) in [7, 11) is 0. The van der Waals surface area contributed by atoms with Gasteiger partial charge in [-0.2, -0.15) is 0 Å². The van der Waals surface area contributed by atoms with Crippen molar-refractivity contribution in [3.63, 3.8) is 0 Å². The molecule has 10 heteroatoms. The van der Waals surface area contributed by atoms with Crippen LogP contribution in [0, 0.1) is 0 Å². The predicted molar refractivity (Wildman–Crippen MR) is 160 cm³/mol. The highest BCUT2D eigenvalue weighted by molar-refractivity contribution is 5.90. The van der Waals surface area contributed by atoms with Gasteiger partial charge in [0.1, 0.15) is 11.6 Å². The van der Waals surface area contributed by atoms with E-state index in [1.807, 2.05) is 63.2 Å². The molecule has 1 amide bonds. The number of carbonyl (C=O) groups is 3. The smallest absolute Gasteiger partial charge is 0.323 e. The fourth-order valence-corrected chi connectivity index (χ4v) is 5.52. The molecule has 2 aliphatic rings. The van der Waals surface area contributed by atoms with Crippen LogP contribution in [0.1, 0.15) is 94.8 Å². The number of carboxylic acids is 1. The highest BCUT2D eigenvalue weighted by Crippen LogP contribution is 2.39. The first-order valence-corrected chi connectivity index (χ1v) is 15.1. The van der Waals surface area contributed by atoms with E-state index < -0.39 is 17.9 Å². The molecule has 0 bridgehead atoms. The minimum absolute atomic E-state index is 0.0418. The Kier molecular flexibility index (Phi) is 11.3. The van der Waals surface area contributed by atoms with Gasteiger partial charge < -0.3 is 29.7 Å². The van der Waals surface area contributed by atoms with Crippen molar-refractivity contribution >= 4 is 23.5 Å². The second-order valence-corrected chi connectivity index (χ2v) is 12.3. The number of amides is 1. The summed E-state index contributed by atoms with van der Waals surface area (Å²) in [6.45, 7) is 6.90. The van der Waals surface area contributed by atoms with Crippen molar-refractivity contribution in [3.05, 3.63) is 65.2 Å². The molecule has 2 aromatic rings. The van der Waals surface area contributed by atoms with Crippen LogP contribution in [0.25, 0.3) is 0 Å². The van der Waals surface area contributed by atoms with Gasteiger partial charge in [0.05, 0.1) is 18.8 Å². The van der Waals surface area contributed by atoms with E-state index in [1.54, 1.807) is 6.07 Å². The summed E-state index contributed by atoms with van der Waals surface area (Å²) in [6.07, 6.45) is 2.20. The summed E-state index contributed by atoms with van der Waals surface area (Å²) >= 11 is 0. The van der Waals surface area contributed by atoms with Crippen LogP contribution in [-0.4, -0.2) is 63.8 Å². The molecular weight excluding hydrogens is 552 g/mol. The number of nitrogens with one attached hydrogen (secondary N) is 1. The Morgan fingerprint density at radius 3 is 2.47 bits per heavy atom. The number of carboxylic acid groups (broad SMARTS) is 1. The topological polar surface area (TPSA) is 135 Å². The number of rotatable bonds is 12. The lowest BCUT2D eigenvalue weighted by atomic mass is 9.99. The fourth-order valence-electron chi connectivity index (χ4n) is 5.52. The zero-order valence-corrected chi connectivity index (χ0v) is 25.3. The number of aliphatic hydroxyl groups is 1. The van der Waals surface area contributed by atoms with E-state index in [1.165, 1.54) is 0 Å². The largest absolute Gasteiger partial charge is 0.481 e. The molecule has 2 saturated heterocycles. The van der Waals surface area contributed by atoms with Crippen LogP contribution >= 0.6 is 0 Å². The molecule has 3 N–H and O–H groups in total. The highest BCUT2D eigenvalue weighted by atomic mass is 16.7. The summed E-state index contributed by atoms with van der Waals surface area (Å²) in [5.41, 5.74) is 2.56. The minimum atomic E-state index is -0.869. The molecule has 4 rings (SSSR count). The molecule has 10 nitrogen and oxygen atoms in total. The number of aliphatic carboxylic acids is 1. The van der Waals surface area contributed by atoms with Crippen LogP contribution in [0.3, 0.4) is 0 Å². The number of nitrogens with zero attached hydrogens (tertiary/aromatic N) is 1. The van der Waals surface area contributed by atoms with Crippen molar-refractivity contribution in [3.8, 4) is 0 Å². The molecule has 234 valence electrons. The predicted octanol–water partition coefficient (Wildman–Crippen LogP) is 5.11. The monoisotopic (exact) mass is 596 g/mol. The van der Waals surface area contributed by atoms with Gasteiger partial charge in [-0.25, -0.2) is 0 Å². The zero-order valence-electron chi connectivity index (χ0n) is 25.3. The molecular formula is C33H44N2O8. The highest BCUT2D eigenvalue weighted by Gasteiger charge is 2.39. The normalized spacial score (nSPS) is 22.7. The van der Waals surface area contributed by atoms with E-state index >= 15 is 0 Å². The van der Waals surface area contributed by atoms with Gasteiger partial charge in [-0.15, -0.1) is 0 Å². The van der Waals surface area contributed by atoms with Crippen molar-refractivity contribution in [2.24, 2.45) is 0 Å². The average molecular weight is 597 g/mol. The molecule has 2 fully saturated rings. The molecule has 0 spiro atoms. The maximum Gasteiger partial charge on any atom is 0.323 e. The first kappa shape index (κ1) is 32.6. The number of aliphatic hydroxyl groups excluding tert-OH is 1. The molecule has 0 saturated carbocycles. The number of benzene rings is 2. The van der Waals surface area contributed by atoms with Crippen molar-refractivity contribution in [2.45, 2.75) is 102 Å². The lowest BCUT2D eigenvalue weighted by molar-refractivity contribution is -0.253. The number of ether oxygens (including phenoxy) is 3. The molecule has 2 heterocycles. The van der Waals surface area contributed by atoms with Gasteiger partial charge in [0.2, 0.25) is 5.91 Å². The van der Waals surface area contributed by atoms with E-state index in [9.17, 15) is 19.5 Å². The quantitative estimate of drug-likeness (QED) is 0.226. The third-order valence-corrected chi connectivity index (χ3v) is 7.58. The summed E-state index contributed by atoms with van der Waals surface area (Å²) in [6, 6.07) is 14.7. The van der Waals surface area contributed by atoms with Crippen LogP contribution in [0.2, 0.25) is 0 Å². The van der Waals surface area contributed by atoms with E-state index in [-0.39, 0.29) is 49.6 Å². The molecule has 2 aromatic carbocycles. The minimum Gasteiger partial charge on any atom is -0.481 e. The Morgan fingerprint density at radius 1 is 1.02 bits per heavy atom. The van der Waals surface area contributed by atoms with Crippen LogP contribution in [0.15, 0.2) is 48.5 Å². The van der Waals surface area contributed by atoms with E-state index in [4.69, 9.17) is 19.3 Å². The molecule has 4 atom stereocenters. The van der Waals surface area contributed by atoms with Gasteiger partial charge in [-0.3, -0.25) is 19.3 Å². The van der Waals surface area contributed by atoms with Gasteiger partial charge in [0.25, 0.3) is 0 Å². The van der Waals surface area contributed by atoms with Gasteiger partial charge in [-0.1, -0.05) is 36.4 Å². The third kappa shape index (κ3) is 9.86. The second-order valence-electron chi connectivity index (χ2n) is 12.3. The number of anilines is 1. The van der Waals surface area contributed by atoms with Gasteiger partial charge >= 0.3 is 11.9 Å². The third-order valence-electron chi connectivity index (χ3n) is 7.58. The molecule has 43 heavy (non-hydrogen) atoms. The van der Waals surface area contributed by atoms with E-state index in [0.717, 1.165) is 36.1 Å². The average Bonchev–Trinajstić information content (AvgIpc) is 3.43. The molecule has 0 radical (unpaired) electrons. The lowest BCUT2D eigenvalue weighted by Gasteiger charge is -2.38. The molecule has 0 aliphatic carbocycles. The van der Waals surface area contributed by atoms with Gasteiger partial charge in [-0.05, 0) is 76.3 Å². The van der Waals surface area contributed by atoms with Crippen LogP contribution in [0.4, 0.5) is 5.69 Å². The summed E-state index contributed by atoms with van der Waals surface area (Å²) in [4.78, 5) is 38.3. The number of esters is 1. The Balaban J connectivity index is 1.48. The zero-order chi connectivity index (χ0) is 31.0. The molecule has 0 unspecified atom stereocenters. The van der Waals surface area contributed by atoms with Crippen molar-refractivity contribution in [1.29, 1.82) is 0 Å². The number of likely N-dealkylation sites (tertiary alicyclic amines) is 1. The van der Waals surface area contributed by atoms with Crippen LogP contribution in [-0.2, 0) is 35.2 Å². The maximum absolute atomic E-state index is 13.0. The number of carbonyl (C=O) groups excluding carboxylic acids is 2. The standard InChI is InChI=1S/C33H44N2O8/c1-33(2,3)43-31(40)27-10-7-17-35(27)20-26-19-28(23-15-13-22(21-36)14-16-23)42-32(41-26)24-8-6-9-25(18-24)34-29(37)11-4-5-12-30(38)39/h6,8-9,13-16,18,26-28,32,36H,4-5,7,10-12,17,19-21H2,1-3H3,(H,34,37)(H,38,39)/t26-,27-,28+,32+/m0/s1. The van der Waals surface area contributed by atoms with Crippen molar-refractivity contribution in [1.82, 2.24) is 4.90 Å². The Bertz CT molecular complexity index is 1240. The number of unbranched alkanes of at least 4 members (excludes halogenated alkanes) is 1. The van der Waals surface area contributed by atoms with Crippen molar-refractivity contribution < 1.29 is 38.8 Å². The summed E-state index contributed by atoms with van der Waals surface area (Å²) in [5.74, 6) is -1.27. The molecule has 2 aliphatic heterocycles. The van der Waals surface area contributed by atoms with E-state index in [2.05, 4.69) is 10.2 Å². The lowest BCUT2D eigenvalue weighted by Crippen LogP contribution is -2.45. The fraction of sp³-hybridized carbons (Fsp3) is 0.545. The van der Waals surface area contributed by atoms with E-state index in [0.29, 0.717) is 31.5 Å². The first-order valence-electron chi connectivity index (χ1n) is 15.1. The summed E-state index contributed by atoms with van der Waals surface area (Å²) < 4.78 is 18.7. The number of hydrogen-bond donors (Lipinski definition) is 3. The second kappa shape index (κ2) is 14.9. The SMILES string of the molecule is CC(C)(C)OC(=O)[C@@H]1CCCN1C[C@@H]1C[C@H](c2ccc(CO)cc2)O[C@H](c2cccc(NC(=O)CCCCC(=O)O)c2)O1. The van der Waals surface area contributed by atoms with Crippen LogP contribution in [0.5, 0.6) is 0 Å². The van der Waals surface area contributed by atoms with Gasteiger partial charge in [0.15, 0.2) is 6.29 Å². The Hall–Kier alpha value is -3.31. The Labute approximate surface area is 253 Å². The number of hydrogen-bond acceptors (Lipinski definition) is 8. The van der Waals surface area contributed by atoms with Gasteiger partial charge in [0, 0.05) is 37.1 Å².